The van der Waals surface area contributed by atoms with Crippen molar-refractivity contribution < 1.29 is 0 Å². The molecule has 3 nitrogen and oxygen atoms in total. The second-order valence-electron chi connectivity index (χ2n) is 9.15. The zero-order valence-electron chi connectivity index (χ0n) is 20.1. The Morgan fingerprint density at radius 3 is 1.82 bits per heavy atom. The Morgan fingerprint density at radius 2 is 1.30 bits per heavy atom. The number of fused-ring (bicyclic) bond motifs is 1. The molecule has 182 valence electrons. The summed E-state index contributed by atoms with van der Waals surface area (Å²) in [6.07, 6.45) is 22.0. The molecular weight excluding hydrogens is 514 g/mol. The first-order chi connectivity index (χ1) is 16.2. The van der Waals surface area contributed by atoms with E-state index < -0.39 is 0 Å². The Balaban J connectivity index is 1.24. The number of imidazole rings is 1. The lowest BCUT2D eigenvalue weighted by Gasteiger charge is -2.03. The van der Waals surface area contributed by atoms with Crippen LogP contribution >= 0.6 is 38.9 Å². The van der Waals surface area contributed by atoms with E-state index in [0.717, 1.165) is 32.3 Å². The summed E-state index contributed by atoms with van der Waals surface area (Å²) in [4.78, 5) is 5.73. The maximum absolute atomic E-state index is 6.01. The Hall–Kier alpha value is -0.910. The smallest absolute Gasteiger partial charge is 0.213 e. The first-order valence-electron chi connectivity index (χ1n) is 13.0. The van der Waals surface area contributed by atoms with E-state index in [4.69, 9.17) is 21.7 Å². The van der Waals surface area contributed by atoms with Crippen LogP contribution in [0.4, 0.5) is 0 Å². The molecule has 2 aromatic heterocycles. The molecule has 0 fully saturated rings. The summed E-state index contributed by atoms with van der Waals surface area (Å²) >= 11 is 11.4. The second kappa shape index (κ2) is 15.2. The van der Waals surface area contributed by atoms with Crippen LogP contribution in [0, 0.1) is 0 Å². The van der Waals surface area contributed by atoms with Crippen molar-refractivity contribution in [1.82, 2.24) is 14.6 Å². The van der Waals surface area contributed by atoms with Gasteiger partial charge in [-0.2, -0.15) is 9.61 Å². The molecule has 0 aliphatic heterocycles. The van der Waals surface area contributed by atoms with E-state index in [0.29, 0.717) is 0 Å². The van der Waals surface area contributed by atoms with E-state index in [9.17, 15) is 0 Å². The number of rotatable bonds is 17. The van der Waals surface area contributed by atoms with Gasteiger partial charge in [0.15, 0.2) is 0 Å². The highest BCUT2D eigenvalue weighted by molar-refractivity contribution is 9.10. The highest BCUT2D eigenvalue weighted by Gasteiger charge is 2.16. The summed E-state index contributed by atoms with van der Waals surface area (Å²) in [5, 5.41) is 6.69. The molecule has 0 saturated carbocycles. The highest BCUT2D eigenvalue weighted by atomic mass is 79.9. The molecule has 0 aliphatic carbocycles. The molecule has 0 atom stereocenters. The lowest BCUT2D eigenvalue weighted by molar-refractivity contribution is 0.532. The SMILES string of the molecule is CCCCCCCCCCCCCCCCCc1nn2c(Br)c(-c3ccc(Cl)cc3)nc2s1. The first kappa shape index (κ1) is 26.7. The van der Waals surface area contributed by atoms with E-state index in [1.165, 1.54) is 101 Å². The zero-order valence-corrected chi connectivity index (χ0v) is 23.3. The molecule has 33 heavy (non-hydrogen) atoms. The summed E-state index contributed by atoms with van der Waals surface area (Å²) in [7, 11) is 0. The lowest BCUT2D eigenvalue weighted by atomic mass is 10.0. The van der Waals surface area contributed by atoms with E-state index in [-0.39, 0.29) is 0 Å². The third-order valence-electron chi connectivity index (χ3n) is 6.30. The molecule has 0 radical (unpaired) electrons. The van der Waals surface area contributed by atoms with Gasteiger partial charge >= 0.3 is 0 Å². The number of unbranched alkanes of at least 4 members (excludes halogenated alkanes) is 14. The summed E-state index contributed by atoms with van der Waals surface area (Å²) in [5.41, 5.74) is 1.97. The maximum atomic E-state index is 6.01. The molecule has 0 aliphatic rings. The van der Waals surface area contributed by atoms with E-state index in [1.54, 1.807) is 11.3 Å². The predicted molar refractivity (Wildman–Crippen MR) is 148 cm³/mol. The summed E-state index contributed by atoms with van der Waals surface area (Å²) in [6, 6.07) is 7.78. The molecular formula is C27H39BrClN3S. The van der Waals surface area contributed by atoms with Gasteiger partial charge in [-0.15, -0.1) is 0 Å². The fourth-order valence-corrected chi connectivity index (χ4v) is 6.05. The van der Waals surface area contributed by atoms with E-state index in [1.807, 2.05) is 28.8 Å². The summed E-state index contributed by atoms with van der Waals surface area (Å²) in [5.74, 6) is 0. The van der Waals surface area contributed by atoms with Gasteiger partial charge in [-0.25, -0.2) is 4.98 Å². The molecule has 0 amide bonds. The number of benzene rings is 1. The van der Waals surface area contributed by atoms with Crippen molar-refractivity contribution in [2.45, 2.75) is 110 Å². The number of aryl methyl sites for hydroxylation is 1. The summed E-state index contributed by atoms with van der Waals surface area (Å²) in [6.45, 7) is 2.29. The van der Waals surface area contributed by atoms with Gasteiger partial charge in [-0.05, 0) is 34.5 Å². The Morgan fingerprint density at radius 1 is 0.788 bits per heavy atom. The van der Waals surface area contributed by atoms with Crippen LogP contribution < -0.4 is 0 Å². The van der Waals surface area contributed by atoms with E-state index >= 15 is 0 Å². The van der Waals surface area contributed by atoms with Crippen molar-refractivity contribution in [1.29, 1.82) is 0 Å². The second-order valence-corrected chi connectivity index (χ2v) is 11.4. The average Bonchev–Trinajstić information content (AvgIpc) is 3.35. The molecule has 3 aromatic rings. The lowest BCUT2D eigenvalue weighted by Crippen LogP contribution is -1.90. The largest absolute Gasteiger partial charge is 0.216 e. The number of hydrogen-bond acceptors (Lipinski definition) is 3. The van der Waals surface area contributed by atoms with Crippen LogP contribution in [0.1, 0.15) is 108 Å². The van der Waals surface area contributed by atoms with Crippen molar-refractivity contribution in [3.8, 4) is 11.3 Å². The van der Waals surface area contributed by atoms with Crippen molar-refractivity contribution in [3.63, 3.8) is 0 Å². The predicted octanol–water partition coefficient (Wildman–Crippen LogP) is 10.3. The first-order valence-corrected chi connectivity index (χ1v) is 15.0. The molecule has 1 aromatic carbocycles. The molecule has 6 heteroatoms. The van der Waals surface area contributed by atoms with Crippen LogP contribution in [0.25, 0.3) is 16.2 Å². The van der Waals surface area contributed by atoms with Gasteiger partial charge in [-0.3, -0.25) is 0 Å². The molecule has 0 spiro atoms. The third kappa shape index (κ3) is 8.99. The Labute approximate surface area is 217 Å². The Bertz CT molecular complexity index is 935. The van der Waals surface area contributed by atoms with Crippen molar-refractivity contribution in [2.75, 3.05) is 0 Å². The van der Waals surface area contributed by atoms with E-state index in [2.05, 4.69) is 22.9 Å². The summed E-state index contributed by atoms with van der Waals surface area (Å²) < 4.78 is 2.84. The standard InChI is InChI=1S/C27H39BrClN3S/c1-2-3-4-5-6-7-8-9-10-11-12-13-14-15-16-17-24-31-32-26(28)25(30-27(32)33-24)22-18-20-23(29)21-19-22/h18-21H,2-17H2,1H3. The number of hydrogen-bond donors (Lipinski definition) is 0. The number of nitrogens with zero attached hydrogens (tertiary/aromatic N) is 3. The fourth-order valence-electron chi connectivity index (χ4n) is 4.30. The van der Waals surface area contributed by atoms with Crippen LogP contribution in [0.2, 0.25) is 5.02 Å². The maximum Gasteiger partial charge on any atom is 0.213 e. The Kier molecular flexibility index (Phi) is 12.3. The number of aromatic nitrogens is 3. The van der Waals surface area contributed by atoms with Gasteiger partial charge in [-0.1, -0.05) is 132 Å². The normalized spacial score (nSPS) is 11.6. The van der Waals surface area contributed by atoms with Crippen LogP contribution in [0.5, 0.6) is 0 Å². The topological polar surface area (TPSA) is 30.2 Å². The molecule has 0 unspecified atom stereocenters. The molecule has 0 bridgehead atoms. The zero-order chi connectivity index (χ0) is 23.3. The van der Waals surface area contributed by atoms with Crippen molar-refractivity contribution in [3.05, 3.63) is 38.9 Å². The third-order valence-corrected chi connectivity index (χ3v) is 8.23. The fraction of sp³-hybridized carbons (Fsp3) is 0.630. The van der Waals surface area contributed by atoms with Gasteiger partial charge in [0.1, 0.15) is 15.3 Å². The molecule has 3 rings (SSSR count). The quantitative estimate of drug-likeness (QED) is 0.156. The van der Waals surface area contributed by atoms with Gasteiger partial charge in [0.25, 0.3) is 0 Å². The monoisotopic (exact) mass is 551 g/mol. The van der Waals surface area contributed by atoms with Crippen molar-refractivity contribution in [2.24, 2.45) is 0 Å². The minimum atomic E-state index is 0.736. The van der Waals surface area contributed by atoms with Gasteiger partial charge in [0.05, 0.1) is 0 Å². The van der Waals surface area contributed by atoms with Crippen LogP contribution in [-0.4, -0.2) is 14.6 Å². The molecule has 0 N–H and O–H groups in total. The van der Waals surface area contributed by atoms with Crippen LogP contribution in [0.3, 0.4) is 0 Å². The van der Waals surface area contributed by atoms with Gasteiger partial charge < -0.3 is 0 Å². The van der Waals surface area contributed by atoms with Gasteiger partial charge in [0.2, 0.25) is 4.96 Å². The van der Waals surface area contributed by atoms with Crippen LogP contribution in [0.15, 0.2) is 28.9 Å². The minimum Gasteiger partial charge on any atom is -0.216 e. The highest BCUT2D eigenvalue weighted by Crippen LogP contribution is 2.31. The van der Waals surface area contributed by atoms with Crippen LogP contribution in [-0.2, 0) is 6.42 Å². The molecule has 0 saturated heterocycles. The number of halogens is 2. The van der Waals surface area contributed by atoms with Crippen molar-refractivity contribution >= 4 is 43.8 Å². The minimum absolute atomic E-state index is 0.736. The molecule has 2 heterocycles. The van der Waals surface area contributed by atoms with Gasteiger partial charge in [0, 0.05) is 17.0 Å². The average molecular weight is 553 g/mol.